The molecule has 0 radical (unpaired) electrons. The van der Waals surface area contributed by atoms with Crippen LogP contribution in [0.5, 0.6) is 0 Å². The summed E-state index contributed by atoms with van der Waals surface area (Å²) in [5, 5.41) is 11.5. The van der Waals surface area contributed by atoms with E-state index in [0.29, 0.717) is 5.69 Å². The van der Waals surface area contributed by atoms with Crippen LogP contribution in [0.2, 0.25) is 0 Å². The highest BCUT2D eigenvalue weighted by Crippen LogP contribution is 2.22. The van der Waals surface area contributed by atoms with E-state index >= 15 is 0 Å². The fourth-order valence-electron chi connectivity index (χ4n) is 2.26. The Bertz CT molecular complexity index is 658. The zero-order valence-corrected chi connectivity index (χ0v) is 13.8. The molecule has 0 spiro atoms. The van der Waals surface area contributed by atoms with Crippen LogP contribution < -0.4 is 5.32 Å². The second-order valence-corrected chi connectivity index (χ2v) is 5.70. The van der Waals surface area contributed by atoms with Crippen LogP contribution in [-0.4, -0.2) is 25.5 Å². The smallest absolute Gasteiger partial charge is 0.271 e. The van der Waals surface area contributed by atoms with E-state index in [2.05, 4.69) is 31.4 Å². The van der Waals surface area contributed by atoms with E-state index in [-0.39, 0.29) is 11.9 Å². The predicted octanol–water partition coefficient (Wildman–Crippen LogP) is 2.02. The van der Waals surface area contributed by atoms with Gasteiger partial charge in [-0.3, -0.25) is 14.2 Å². The van der Waals surface area contributed by atoms with E-state index in [0.717, 1.165) is 21.4 Å². The average molecular weight is 340 g/mol. The topological polar surface area (TPSA) is 64.7 Å². The van der Waals surface area contributed by atoms with Gasteiger partial charge in [0.25, 0.3) is 5.91 Å². The number of aryl methyl sites for hydroxylation is 4. The summed E-state index contributed by atoms with van der Waals surface area (Å²) in [6.45, 7) is 5.73. The molecule has 2 heterocycles. The van der Waals surface area contributed by atoms with Crippen molar-refractivity contribution in [2.45, 2.75) is 26.8 Å². The highest BCUT2D eigenvalue weighted by molar-refractivity contribution is 9.10. The summed E-state index contributed by atoms with van der Waals surface area (Å²) in [6, 6.07) is -0.113. The quantitative estimate of drug-likeness (QED) is 0.930. The molecule has 6 nitrogen and oxygen atoms in total. The molecule has 0 aliphatic rings. The molecule has 0 aromatic carbocycles. The first-order chi connectivity index (χ1) is 9.31. The number of hydrogen-bond acceptors (Lipinski definition) is 3. The Morgan fingerprint density at radius 2 is 1.95 bits per heavy atom. The minimum atomic E-state index is -0.157. The molecule has 2 aromatic heterocycles. The molecule has 1 N–H and O–H groups in total. The standard InChI is InChI=1S/C13H18BrN5O/c1-7(10-6-18(4)16-8(10)2)15-13(20)12-11(14)9(3)17-19(12)5/h6-7H,1-5H3,(H,15,20)/t7-/m0/s1. The lowest BCUT2D eigenvalue weighted by atomic mass is 10.1. The van der Waals surface area contributed by atoms with Gasteiger partial charge in [-0.15, -0.1) is 0 Å². The molecule has 20 heavy (non-hydrogen) atoms. The van der Waals surface area contributed by atoms with E-state index in [9.17, 15) is 4.79 Å². The van der Waals surface area contributed by atoms with Gasteiger partial charge >= 0.3 is 0 Å². The molecule has 0 aliphatic carbocycles. The SMILES string of the molecule is Cc1nn(C)cc1[C@H](C)NC(=O)c1c(Br)c(C)nn1C. The summed E-state index contributed by atoms with van der Waals surface area (Å²) >= 11 is 3.41. The molecule has 0 bridgehead atoms. The third-order valence-electron chi connectivity index (χ3n) is 3.23. The van der Waals surface area contributed by atoms with Crippen LogP contribution >= 0.6 is 15.9 Å². The Balaban J connectivity index is 2.21. The monoisotopic (exact) mass is 339 g/mol. The second kappa shape index (κ2) is 5.40. The van der Waals surface area contributed by atoms with Crippen molar-refractivity contribution in [3.05, 3.63) is 33.3 Å². The molecule has 0 fully saturated rings. The minimum Gasteiger partial charge on any atom is -0.344 e. The summed E-state index contributed by atoms with van der Waals surface area (Å²) in [4.78, 5) is 12.4. The molecule has 2 aromatic rings. The number of rotatable bonds is 3. The first-order valence-electron chi connectivity index (χ1n) is 6.31. The maximum absolute atomic E-state index is 12.4. The number of hydrogen-bond donors (Lipinski definition) is 1. The van der Waals surface area contributed by atoms with Gasteiger partial charge in [-0.1, -0.05) is 0 Å². The maximum Gasteiger partial charge on any atom is 0.271 e. The maximum atomic E-state index is 12.4. The first kappa shape index (κ1) is 14.8. The fourth-order valence-corrected chi connectivity index (χ4v) is 2.78. The third kappa shape index (κ3) is 2.63. The van der Waals surface area contributed by atoms with Crippen molar-refractivity contribution >= 4 is 21.8 Å². The molecule has 0 aliphatic heterocycles. The highest BCUT2D eigenvalue weighted by atomic mass is 79.9. The second-order valence-electron chi connectivity index (χ2n) is 4.91. The van der Waals surface area contributed by atoms with Gasteiger partial charge < -0.3 is 5.32 Å². The van der Waals surface area contributed by atoms with Gasteiger partial charge in [0.2, 0.25) is 0 Å². The minimum absolute atomic E-state index is 0.113. The zero-order valence-electron chi connectivity index (χ0n) is 12.2. The summed E-state index contributed by atoms with van der Waals surface area (Å²) in [6.07, 6.45) is 1.92. The summed E-state index contributed by atoms with van der Waals surface area (Å²) < 4.78 is 4.06. The fraction of sp³-hybridized carbons (Fsp3) is 0.462. The van der Waals surface area contributed by atoms with Crippen LogP contribution in [0, 0.1) is 13.8 Å². The van der Waals surface area contributed by atoms with Gasteiger partial charge in [-0.25, -0.2) is 0 Å². The van der Waals surface area contributed by atoms with Crippen LogP contribution in [0.25, 0.3) is 0 Å². The Hall–Kier alpha value is -1.63. The Morgan fingerprint density at radius 3 is 2.40 bits per heavy atom. The largest absolute Gasteiger partial charge is 0.344 e. The molecule has 2 rings (SSSR count). The number of carbonyl (C=O) groups excluding carboxylic acids is 1. The van der Waals surface area contributed by atoms with Crippen molar-refractivity contribution in [1.82, 2.24) is 24.9 Å². The number of amides is 1. The molecular formula is C13H18BrN5O. The van der Waals surface area contributed by atoms with Gasteiger partial charge in [0, 0.05) is 25.9 Å². The molecule has 7 heteroatoms. The van der Waals surface area contributed by atoms with E-state index in [1.807, 2.05) is 34.0 Å². The van der Waals surface area contributed by atoms with Crippen molar-refractivity contribution in [2.75, 3.05) is 0 Å². The van der Waals surface area contributed by atoms with Crippen LogP contribution in [0.3, 0.4) is 0 Å². The molecule has 1 atom stereocenters. The summed E-state index contributed by atoms with van der Waals surface area (Å²) in [5.41, 5.74) is 3.25. The van der Waals surface area contributed by atoms with Crippen LogP contribution in [0.1, 0.15) is 40.4 Å². The number of halogens is 1. The lowest BCUT2D eigenvalue weighted by Gasteiger charge is -2.13. The van der Waals surface area contributed by atoms with Gasteiger partial charge in [0.1, 0.15) is 5.69 Å². The van der Waals surface area contributed by atoms with Gasteiger partial charge in [0.15, 0.2) is 0 Å². The van der Waals surface area contributed by atoms with Gasteiger partial charge in [-0.2, -0.15) is 10.2 Å². The molecule has 0 saturated heterocycles. The van der Waals surface area contributed by atoms with Crippen LogP contribution in [-0.2, 0) is 14.1 Å². The van der Waals surface area contributed by atoms with E-state index in [4.69, 9.17) is 0 Å². The van der Waals surface area contributed by atoms with Crippen molar-refractivity contribution in [1.29, 1.82) is 0 Å². The zero-order chi connectivity index (χ0) is 15.0. The average Bonchev–Trinajstić information content (AvgIpc) is 2.79. The van der Waals surface area contributed by atoms with E-state index in [1.54, 1.807) is 16.4 Å². The first-order valence-corrected chi connectivity index (χ1v) is 7.10. The number of nitrogens with zero attached hydrogens (tertiary/aromatic N) is 4. The van der Waals surface area contributed by atoms with Gasteiger partial charge in [0.05, 0.1) is 21.9 Å². The number of nitrogens with one attached hydrogen (secondary N) is 1. The molecule has 108 valence electrons. The van der Waals surface area contributed by atoms with Crippen molar-refractivity contribution < 1.29 is 4.79 Å². The van der Waals surface area contributed by atoms with Gasteiger partial charge in [-0.05, 0) is 36.7 Å². The van der Waals surface area contributed by atoms with Crippen molar-refractivity contribution in [2.24, 2.45) is 14.1 Å². The molecule has 1 amide bonds. The highest BCUT2D eigenvalue weighted by Gasteiger charge is 2.21. The number of aromatic nitrogens is 4. The van der Waals surface area contributed by atoms with E-state index < -0.39 is 0 Å². The van der Waals surface area contributed by atoms with E-state index in [1.165, 1.54) is 0 Å². The lowest BCUT2D eigenvalue weighted by Crippen LogP contribution is -2.29. The lowest BCUT2D eigenvalue weighted by molar-refractivity contribution is 0.0929. The Labute approximate surface area is 126 Å². The molecular weight excluding hydrogens is 322 g/mol. The predicted molar refractivity (Wildman–Crippen MR) is 79.5 cm³/mol. The van der Waals surface area contributed by atoms with Crippen molar-refractivity contribution in [3.63, 3.8) is 0 Å². The summed E-state index contributed by atoms with van der Waals surface area (Å²) in [7, 11) is 3.62. The third-order valence-corrected chi connectivity index (χ3v) is 4.18. The van der Waals surface area contributed by atoms with Crippen LogP contribution in [0.4, 0.5) is 0 Å². The number of carbonyl (C=O) groups is 1. The molecule has 0 saturated carbocycles. The van der Waals surface area contributed by atoms with Crippen LogP contribution in [0.15, 0.2) is 10.7 Å². The van der Waals surface area contributed by atoms with Crippen molar-refractivity contribution in [3.8, 4) is 0 Å². The Morgan fingerprint density at radius 1 is 1.30 bits per heavy atom. The Kier molecular flexibility index (Phi) is 3.99. The molecule has 0 unspecified atom stereocenters. The normalized spacial score (nSPS) is 12.5. The summed E-state index contributed by atoms with van der Waals surface area (Å²) in [5.74, 6) is -0.157.